The summed E-state index contributed by atoms with van der Waals surface area (Å²) >= 11 is 0. The molecule has 0 spiro atoms. The minimum absolute atomic E-state index is 0.0635. The van der Waals surface area contributed by atoms with E-state index in [1.54, 1.807) is 18.2 Å². The Morgan fingerprint density at radius 1 is 1.20 bits per heavy atom. The highest BCUT2D eigenvalue weighted by molar-refractivity contribution is 6.00. The fraction of sp³-hybridized carbons (Fsp3) is 0.435. The van der Waals surface area contributed by atoms with Gasteiger partial charge in [0.2, 0.25) is 0 Å². The molecule has 2 atom stereocenters. The monoisotopic (exact) mass is 413 g/mol. The van der Waals surface area contributed by atoms with Crippen molar-refractivity contribution < 1.29 is 28.8 Å². The van der Waals surface area contributed by atoms with Gasteiger partial charge in [0.15, 0.2) is 17.3 Å². The van der Waals surface area contributed by atoms with Crippen LogP contribution in [0.15, 0.2) is 42.5 Å². The molecule has 7 nitrogen and oxygen atoms in total. The summed E-state index contributed by atoms with van der Waals surface area (Å²) in [5.74, 6) is 2.63. The topological polar surface area (TPSA) is 86.3 Å². The molecule has 1 unspecified atom stereocenters. The van der Waals surface area contributed by atoms with E-state index in [2.05, 4.69) is 5.32 Å². The second kappa shape index (κ2) is 8.53. The number of ketones is 1. The molecule has 2 N–H and O–H groups in total. The van der Waals surface area contributed by atoms with Gasteiger partial charge in [-0.1, -0.05) is 12.1 Å². The third kappa shape index (κ3) is 4.86. The second-order valence-electron chi connectivity index (χ2n) is 8.24. The van der Waals surface area contributed by atoms with Crippen molar-refractivity contribution >= 4 is 5.78 Å². The maximum atomic E-state index is 12.2. The van der Waals surface area contributed by atoms with Gasteiger partial charge in [-0.15, -0.1) is 0 Å². The lowest BCUT2D eigenvalue weighted by Crippen LogP contribution is -2.41. The maximum absolute atomic E-state index is 12.2. The Balaban J connectivity index is 1.22. The van der Waals surface area contributed by atoms with E-state index >= 15 is 0 Å². The summed E-state index contributed by atoms with van der Waals surface area (Å²) in [6.07, 6.45) is -0.463. The molecule has 2 aliphatic heterocycles. The Kier molecular flexibility index (Phi) is 5.83. The predicted octanol–water partition coefficient (Wildman–Crippen LogP) is 2.60. The predicted molar refractivity (Wildman–Crippen MR) is 111 cm³/mol. The zero-order valence-electron chi connectivity index (χ0n) is 17.2. The quantitative estimate of drug-likeness (QED) is 0.722. The van der Waals surface area contributed by atoms with Crippen molar-refractivity contribution in [3.8, 4) is 23.0 Å². The number of nitrogens with one attached hydrogen (secondary N) is 1. The number of aliphatic hydroxyl groups excluding tert-OH is 1. The highest BCUT2D eigenvalue weighted by Crippen LogP contribution is 2.35. The smallest absolute Gasteiger partial charge is 0.170 e. The summed E-state index contributed by atoms with van der Waals surface area (Å²) in [4.78, 5) is 12.2. The van der Waals surface area contributed by atoms with E-state index in [1.807, 2.05) is 38.1 Å². The van der Waals surface area contributed by atoms with Gasteiger partial charge in [-0.3, -0.25) is 4.79 Å². The second-order valence-corrected chi connectivity index (χ2v) is 8.24. The number of aliphatic hydroxyl groups is 1. The van der Waals surface area contributed by atoms with Gasteiger partial charge < -0.3 is 29.4 Å². The molecule has 2 heterocycles. The van der Waals surface area contributed by atoms with Gasteiger partial charge in [-0.05, 0) is 38.1 Å². The molecule has 0 amide bonds. The van der Waals surface area contributed by atoms with E-state index in [0.29, 0.717) is 43.2 Å². The van der Waals surface area contributed by atoms with Gasteiger partial charge in [-0.25, -0.2) is 0 Å². The van der Waals surface area contributed by atoms with Crippen LogP contribution in [0.25, 0.3) is 0 Å². The Morgan fingerprint density at radius 2 is 2.00 bits per heavy atom. The van der Waals surface area contributed by atoms with Crippen molar-refractivity contribution in [3.05, 3.63) is 48.0 Å². The highest BCUT2D eigenvalue weighted by atomic mass is 16.6. The number of para-hydroxylation sites is 2. The van der Waals surface area contributed by atoms with Crippen LogP contribution in [0.1, 0.15) is 30.6 Å². The van der Waals surface area contributed by atoms with E-state index in [1.165, 1.54) is 0 Å². The number of Topliss-reactive ketones (excluding diaryl/α,β-unsaturated/α-hetero) is 1. The summed E-state index contributed by atoms with van der Waals surface area (Å²) < 4.78 is 23.1. The molecule has 0 bridgehead atoms. The Morgan fingerprint density at radius 3 is 2.83 bits per heavy atom. The molecule has 0 radical (unpaired) electrons. The number of ether oxygens (including phenoxy) is 4. The van der Waals surface area contributed by atoms with Crippen LogP contribution in [0.5, 0.6) is 23.0 Å². The fourth-order valence-corrected chi connectivity index (χ4v) is 3.55. The van der Waals surface area contributed by atoms with Crippen LogP contribution in [-0.2, 0) is 0 Å². The van der Waals surface area contributed by atoms with E-state index in [0.717, 1.165) is 11.5 Å². The molecule has 160 valence electrons. The average molecular weight is 413 g/mol. The van der Waals surface area contributed by atoms with Crippen LogP contribution >= 0.6 is 0 Å². The van der Waals surface area contributed by atoms with Crippen LogP contribution < -0.4 is 24.3 Å². The number of hydrogen-bond acceptors (Lipinski definition) is 7. The first-order valence-corrected chi connectivity index (χ1v) is 10.2. The van der Waals surface area contributed by atoms with E-state index in [9.17, 15) is 9.90 Å². The van der Waals surface area contributed by atoms with E-state index in [-0.39, 0.29) is 18.5 Å². The zero-order valence-corrected chi connectivity index (χ0v) is 17.2. The molecule has 2 aromatic rings. The van der Waals surface area contributed by atoms with Gasteiger partial charge >= 0.3 is 0 Å². The first kappa shape index (κ1) is 20.5. The van der Waals surface area contributed by atoms with Crippen LogP contribution in [0.3, 0.4) is 0 Å². The van der Waals surface area contributed by atoms with Crippen molar-refractivity contribution in [2.75, 3.05) is 26.3 Å². The lowest BCUT2D eigenvalue weighted by atomic mass is 9.93. The van der Waals surface area contributed by atoms with Crippen LogP contribution in [0.4, 0.5) is 0 Å². The van der Waals surface area contributed by atoms with Crippen molar-refractivity contribution in [1.29, 1.82) is 0 Å². The molecule has 2 aliphatic rings. The van der Waals surface area contributed by atoms with Crippen LogP contribution in [0, 0.1) is 0 Å². The third-order valence-corrected chi connectivity index (χ3v) is 4.99. The van der Waals surface area contributed by atoms with Crippen molar-refractivity contribution in [2.24, 2.45) is 0 Å². The molecule has 0 aromatic heterocycles. The number of hydrogen-bond donors (Lipinski definition) is 2. The Bertz CT molecular complexity index is 912. The summed E-state index contributed by atoms with van der Waals surface area (Å²) in [5, 5.41) is 13.4. The molecular formula is C23H27NO6. The number of carbonyl (C=O) groups is 1. The van der Waals surface area contributed by atoms with Crippen LogP contribution in [0.2, 0.25) is 0 Å². The molecule has 2 aromatic carbocycles. The SMILES string of the molecule is CC1(C)CC(=O)c2ccc(OC[C@@H](O)CNCC3COc4ccccc4O3)cc2O1. The lowest BCUT2D eigenvalue weighted by molar-refractivity contribution is 0.0613. The zero-order chi connectivity index (χ0) is 21.1. The summed E-state index contributed by atoms with van der Waals surface area (Å²) in [7, 11) is 0. The Hall–Kier alpha value is -2.77. The molecule has 0 saturated carbocycles. The van der Waals surface area contributed by atoms with Crippen molar-refractivity contribution in [1.82, 2.24) is 5.32 Å². The van der Waals surface area contributed by atoms with E-state index < -0.39 is 11.7 Å². The van der Waals surface area contributed by atoms with Gasteiger partial charge in [0.1, 0.15) is 42.5 Å². The van der Waals surface area contributed by atoms with Crippen molar-refractivity contribution in [2.45, 2.75) is 38.1 Å². The average Bonchev–Trinajstić information content (AvgIpc) is 2.71. The highest BCUT2D eigenvalue weighted by Gasteiger charge is 2.32. The number of rotatable bonds is 7. The fourth-order valence-electron chi connectivity index (χ4n) is 3.55. The van der Waals surface area contributed by atoms with Crippen molar-refractivity contribution in [3.63, 3.8) is 0 Å². The standard InChI is InChI=1S/C23H27NO6/c1-23(2)10-19(26)18-8-7-16(9-22(18)30-23)27-13-15(25)11-24-12-17-14-28-20-5-3-4-6-21(20)29-17/h3-9,15,17,24-25H,10-14H2,1-2H3/t15-,17?/m0/s1. The van der Waals surface area contributed by atoms with Crippen LogP contribution in [-0.4, -0.2) is 55.0 Å². The number of benzene rings is 2. The molecule has 4 rings (SSSR count). The summed E-state index contributed by atoms with van der Waals surface area (Å²) in [6, 6.07) is 12.7. The normalized spacial score (nSPS) is 20.1. The molecule has 0 saturated heterocycles. The molecule has 7 heteroatoms. The molecule has 0 aliphatic carbocycles. The largest absolute Gasteiger partial charge is 0.491 e. The number of carbonyl (C=O) groups excluding carboxylic acids is 1. The lowest BCUT2D eigenvalue weighted by Gasteiger charge is -2.31. The minimum atomic E-state index is -0.697. The summed E-state index contributed by atoms with van der Waals surface area (Å²) in [6.45, 7) is 5.26. The Labute approximate surface area is 175 Å². The minimum Gasteiger partial charge on any atom is -0.491 e. The first-order valence-electron chi connectivity index (χ1n) is 10.2. The summed E-state index contributed by atoms with van der Waals surface area (Å²) in [5.41, 5.74) is 0.0394. The molecule has 30 heavy (non-hydrogen) atoms. The van der Waals surface area contributed by atoms with Gasteiger partial charge in [-0.2, -0.15) is 0 Å². The van der Waals surface area contributed by atoms with Gasteiger partial charge in [0.25, 0.3) is 0 Å². The third-order valence-electron chi connectivity index (χ3n) is 4.99. The van der Waals surface area contributed by atoms with Gasteiger partial charge in [0, 0.05) is 19.2 Å². The maximum Gasteiger partial charge on any atom is 0.170 e. The molecule has 0 fully saturated rings. The number of fused-ring (bicyclic) bond motifs is 2. The van der Waals surface area contributed by atoms with E-state index in [4.69, 9.17) is 18.9 Å². The van der Waals surface area contributed by atoms with Gasteiger partial charge in [0.05, 0.1) is 12.0 Å². The first-order chi connectivity index (χ1) is 14.4. The molecular weight excluding hydrogens is 386 g/mol.